The number of aliphatic carboxylic acids is 1. The maximum absolute atomic E-state index is 11.1. The van der Waals surface area contributed by atoms with Gasteiger partial charge in [-0.15, -0.1) is 0 Å². The summed E-state index contributed by atoms with van der Waals surface area (Å²) in [6.07, 6.45) is 3.76. The fourth-order valence-electron chi connectivity index (χ4n) is 1.62. The molecule has 0 aromatic carbocycles. The lowest BCUT2D eigenvalue weighted by Crippen LogP contribution is -2.34. The van der Waals surface area contributed by atoms with Gasteiger partial charge in [-0.2, -0.15) is 0 Å². The van der Waals surface area contributed by atoms with Gasteiger partial charge < -0.3 is 15.7 Å². The third kappa shape index (κ3) is 3.32. The van der Waals surface area contributed by atoms with Gasteiger partial charge in [0.2, 0.25) is 0 Å². The van der Waals surface area contributed by atoms with Gasteiger partial charge in [0.15, 0.2) is 0 Å². The molecule has 6 nitrogen and oxygen atoms in total. The lowest BCUT2D eigenvalue weighted by atomic mass is 10.1. The summed E-state index contributed by atoms with van der Waals surface area (Å²) in [5.74, 6) is 0.384. The van der Waals surface area contributed by atoms with E-state index in [0.29, 0.717) is 11.9 Å². The number of nitrogens with zero attached hydrogens (tertiary/aromatic N) is 2. The maximum atomic E-state index is 11.1. The predicted octanol–water partition coefficient (Wildman–Crippen LogP) is 1.57. The van der Waals surface area contributed by atoms with Crippen molar-refractivity contribution in [2.45, 2.75) is 38.8 Å². The molecule has 1 fully saturated rings. The fourth-order valence-corrected chi connectivity index (χ4v) is 1.62. The van der Waals surface area contributed by atoms with Gasteiger partial charge in [-0.3, -0.25) is 0 Å². The van der Waals surface area contributed by atoms with Gasteiger partial charge in [0.1, 0.15) is 24.0 Å². The Morgan fingerprint density at radius 3 is 2.61 bits per heavy atom. The molecule has 0 saturated heterocycles. The summed E-state index contributed by atoms with van der Waals surface area (Å²) < 4.78 is 0. The smallest absolute Gasteiger partial charge is 0.326 e. The first-order chi connectivity index (χ1) is 8.56. The summed E-state index contributed by atoms with van der Waals surface area (Å²) in [7, 11) is 0. The van der Waals surface area contributed by atoms with Crippen molar-refractivity contribution in [3.63, 3.8) is 0 Å². The highest BCUT2D eigenvalue weighted by atomic mass is 16.4. The van der Waals surface area contributed by atoms with Gasteiger partial charge in [-0.1, -0.05) is 13.8 Å². The minimum Gasteiger partial charge on any atom is -0.480 e. The average molecular weight is 250 g/mol. The minimum absolute atomic E-state index is 0.0164. The largest absolute Gasteiger partial charge is 0.480 e. The van der Waals surface area contributed by atoms with Crippen molar-refractivity contribution in [1.29, 1.82) is 0 Å². The van der Waals surface area contributed by atoms with Crippen molar-refractivity contribution >= 4 is 17.6 Å². The van der Waals surface area contributed by atoms with Crippen LogP contribution in [0, 0.1) is 5.92 Å². The summed E-state index contributed by atoms with van der Waals surface area (Å²) >= 11 is 0. The van der Waals surface area contributed by atoms with Crippen LogP contribution in [0.25, 0.3) is 0 Å². The molecule has 1 aliphatic rings. The Morgan fingerprint density at radius 2 is 2.06 bits per heavy atom. The summed E-state index contributed by atoms with van der Waals surface area (Å²) in [6, 6.07) is 1.61. The van der Waals surface area contributed by atoms with Gasteiger partial charge in [0, 0.05) is 12.1 Å². The molecule has 18 heavy (non-hydrogen) atoms. The molecule has 2 rings (SSSR count). The number of rotatable bonds is 6. The molecular weight excluding hydrogens is 232 g/mol. The number of hydrogen-bond acceptors (Lipinski definition) is 5. The van der Waals surface area contributed by atoms with Crippen LogP contribution in [-0.4, -0.2) is 33.1 Å². The number of anilines is 2. The first-order valence-corrected chi connectivity index (χ1v) is 6.14. The standard InChI is InChI=1S/C12H18N4O2/c1-7(2)11(12(17)18)16-10-5-9(13-6-14-10)15-8-3-4-8/h5-8,11H,3-4H2,1-2H3,(H,17,18)(H2,13,14,15,16)/t11-/m0/s1. The van der Waals surface area contributed by atoms with Crippen LogP contribution >= 0.6 is 0 Å². The van der Waals surface area contributed by atoms with Gasteiger partial charge in [0.05, 0.1) is 0 Å². The molecule has 1 aromatic rings. The van der Waals surface area contributed by atoms with Crippen LogP contribution in [0.4, 0.5) is 11.6 Å². The Morgan fingerprint density at radius 1 is 1.39 bits per heavy atom. The molecule has 0 radical (unpaired) electrons. The number of aromatic nitrogens is 2. The topological polar surface area (TPSA) is 87.1 Å². The first-order valence-electron chi connectivity index (χ1n) is 6.14. The molecule has 1 atom stereocenters. The monoisotopic (exact) mass is 250 g/mol. The van der Waals surface area contributed by atoms with Crippen molar-refractivity contribution in [3.05, 3.63) is 12.4 Å². The molecule has 3 N–H and O–H groups in total. The zero-order chi connectivity index (χ0) is 13.1. The van der Waals surface area contributed by atoms with Crippen LogP contribution in [0.15, 0.2) is 12.4 Å². The zero-order valence-corrected chi connectivity index (χ0v) is 10.6. The van der Waals surface area contributed by atoms with E-state index < -0.39 is 12.0 Å². The van der Waals surface area contributed by atoms with E-state index in [1.165, 1.54) is 6.33 Å². The van der Waals surface area contributed by atoms with E-state index in [4.69, 9.17) is 5.11 Å². The van der Waals surface area contributed by atoms with Gasteiger partial charge in [0.25, 0.3) is 0 Å². The Labute approximate surface area is 106 Å². The summed E-state index contributed by atoms with van der Waals surface area (Å²) in [6.45, 7) is 3.71. The van der Waals surface area contributed by atoms with E-state index in [9.17, 15) is 4.79 Å². The highest BCUT2D eigenvalue weighted by Gasteiger charge is 2.23. The molecule has 1 aromatic heterocycles. The third-order valence-electron chi connectivity index (χ3n) is 2.83. The Hall–Kier alpha value is -1.85. The van der Waals surface area contributed by atoms with Crippen molar-refractivity contribution in [3.8, 4) is 0 Å². The van der Waals surface area contributed by atoms with Crippen LogP contribution in [0.3, 0.4) is 0 Å². The number of carboxylic acid groups (broad SMARTS) is 1. The minimum atomic E-state index is -0.875. The van der Waals surface area contributed by atoms with Crippen LogP contribution in [0.5, 0.6) is 0 Å². The average Bonchev–Trinajstić information content (AvgIpc) is 3.09. The number of nitrogens with one attached hydrogen (secondary N) is 2. The number of carboxylic acids is 1. The second-order valence-electron chi connectivity index (χ2n) is 4.91. The van der Waals surface area contributed by atoms with E-state index in [2.05, 4.69) is 20.6 Å². The van der Waals surface area contributed by atoms with Gasteiger partial charge in [-0.25, -0.2) is 14.8 Å². The summed E-state index contributed by atoms with van der Waals surface area (Å²) in [5, 5.41) is 15.3. The normalized spacial score (nSPS) is 16.4. The Bertz CT molecular complexity index is 432. The van der Waals surface area contributed by atoms with E-state index in [1.807, 2.05) is 13.8 Å². The van der Waals surface area contributed by atoms with E-state index in [-0.39, 0.29) is 5.92 Å². The molecule has 0 unspecified atom stereocenters. The predicted molar refractivity (Wildman–Crippen MR) is 68.6 cm³/mol. The van der Waals surface area contributed by atoms with E-state index >= 15 is 0 Å². The van der Waals surface area contributed by atoms with Crippen molar-refractivity contribution in [2.24, 2.45) is 5.92 Å². The molecule has 0 amide bonds. The lowest BCUT2D eigenvalue weighted by Gasteiger charge is -2.18. The SMILES string of the molecule is CC(C)[C@H](Nc1cc(NC2CC2)ncn1)C(=O)O. The molecule has 0 spiro atoms. The zero-order valence-electron chi connectivity index (χ0n) is 10.6. The highest BCUT2D eigenvalue weighted by Crippen LogP contribution is 2.24. The molecule has 98 valence electrons. The highest BCUT2D eigenvalue weighted by molar-refractivity contribution is 5.77. The summed E-state index contributed by atoms with van der Waals surface area (Å²) in [4.78, 5) is 19.2. The van der Waals surface area contributed by atoms with Gasteiger partial charge >= 0.3 is 5.97 Å². The molecule has 0 aliphatic heterocycles. The molecule has 1 saturated carbocycles. The molecular formula is C12H18N4O2. The molecule has 1 aliphatic carbocycles. The third-order valence-corrected chi connectivity index (χ3v) is 2.83. The van der Waals surface area contributed by atoms with E-state index in [0.717, 1.165) is 18.7 Å². The van der Waals surface area contributed by atoms with Crippen LogP contribution in [-0.2, 0) is 4.79 Å². The first kappa shape index (κ1) is 12.6. The van der Waals surface area contributed by atoms with Crippen LogP contribution < -0.4 is 10.6 Å². The van der Waals surface area contributed by atoms with Crippen LogP contribution in [0.2, 0.25) is 0 Å². The Balaban J connectivity index is 2.04. The van der Waals surface area contributed by atoms with Crippen molar-refractivity contribution in [2.75, 3.05) is 10.6 Å². The number of carbonyl (C=O) groups is 1. The molecule has 6 heteroatoms. The second kappa shape index (κ2) is 5.20. The van der Waals surface area contributed by atoms with Gasteiger partial charge in [-0.05, 0) is 18.8 Å². The summed E-state index contributed by atoms with van der Waals surface area (Å²) in [5.41, 5.74) is 0. The van der Waals surface area contributed by atoms with Crippen molar-refractivity contribution < 1.29 is 9.90 Å². The quantitative estimate of drug-likeness (QED) is 0.710. The Kier molecular flexibility index (Phi) is 3.64. The van der Waals surface area contributed by atoms with Crippen molar-refractivity contribution in [1.82, 2.24) is 9.97 Å². The number of hydrogen-bond donors (Lipinski definition) is 3. The molecule has 1 heterocycles. The maximum Gasteiger partial charge on any atom is 0.326 e. The second-order valence-corrected chi connectivity index (χ2v) is 4.91. The lowest BCUT2D eigenvalue weighted by molar-refractivity contribution is -0.138. The van der Waals surface area contributed by atoms with Crippen LogP contribution in [0.1, 0.15) is 26.7 Å². The fraction of sp³-hybridized carbons (Fsp3) is 0.583. The molecule has 0 bridgehead atoms. The van der Waals surface area contributed by atoms with E-state index in [1.54, 1.807) is 6.07 Å².